The summed E-state index contributed by atoms with van der Waals surface area (Å²) in [6, 6.07) is 8.40. The quantitative estimate of drug-likeness (QED) is 0.725. The number of halogens is 2. The van der Waals surface area contributed by atoms with Gasteiger partial charge in [-0.2, -0.15) is 0 Å². The highest BCUT2D eigenvalue weighted by molar-refractivity contribution is 6.39. The van der Waals surface area contributed by atoms with Crippen LogP contribution in [-0.2, 0) is 4.74 Å². The number of nitrogens with zero attached hydrogens (tertiary/aromatic N) is 3. The van der Waals surface area contributed by atoms with E-state index >= 15 is 0 Å². The first-order valence-corrected chi connectivity index (χ1v) is 9.39. The van der Waals surface area contributed by atoms with E-state index in [9.17, 15) is 9.59 Å². The van der Waals surface area contributed by atoms with E-state index in [4.69, 9.17) is 27.9 Å². The molecule has 2 heterocycles. The molecule has 142 valence electrons. The molecule has 1 saturated heterocycles. The van der Waals surface area contributed by atoms with Crippen molar-refractivity contribution in [3.63, 3.8) is 0 Å². The van der Waals surface area contributed by atoms with E-state index in [0.29, 0.717) is 59.8 Å². The minimum atomic E-state index is -0.401. The first kappa shape index (κ1) is 19.5. The van der Waals surface area contributed by atoms with Crippen LogP contribution in [0.5, 0.6) is 0 Å². The fraction of sp³-hybridized carbons (Fsp3) is 0.316. The zero-order chi connectivity index (χ0) is 19.4. The van der Waals surface area contributed by atoms with E-state index in [2.05, 4.69) is 4.98 Å². The Bertz CT molecular complexity index is 832. The molecule has 0 spiro atoms. The fourth-order valence-corrected chi connectivity index (χ4v) is 3.56. The number of hydrogen-bond donors (Lipinski definition) is 0. The molecule has 1 aromatic carbocycles. The van der Waals surface area contributed by atoms with E-state index < -0.39 is 5.97 Å². The van der Waals surface area contributed by atoms with Gasteiger partial charge in [0.2, 0.25) is 0 Å². The largest absolute Gasteiger partial charge is 0.462 e. The number of carbonyl (C=O) groups excluding carboxylic acids is 2. The minimum absolute atomic E-state index is 0.197. The molecule has 3 rings (SSSR count). The van der Waals surface area contributed by atoms with Crippen LogP contribution in [-0.4, -0.2) is 54.5 Å². The highest BCUT2D eigenvalue weighted by Gasteiger charge is 2.27. The molecule has 1 aromatic heterocycles. The molecule has 0 atom stereocenters. The number of anilines is 1. The van der Waals surface area contributed by atoms with Crippen LogP contribution in [0.15, 0.2) is 36.5 Å². The van der Waals surface area contributed by atoms with Gasteiger partial charge in [-0.05, 0) is 31.2 Å². The Kier molecular flexibility index (Phi) is 6.19. The van der Waals surface area contributed by atoms with Crippen LogP contribution in [0.3, 0.4) is 0 Å². The number of ether oxygens (including phenoxy) is 1. The molecule has 0 bridgehead atoms. The van der Waals surface area contributed by atoms with E-state index in [-0.39, 0.29) is 5.91 Å². The van der Waals surface area contributed by atoms with Crippen molar-refractivity contribution in [1.82, 2.24) is 9.88 Å². The first-order valence-electron chi connectivity index (χ1n) is 8.63. The molecule has 0 N–H and O–H groups in total. The topological polar surface area (TPSA) is 62.7 Å². The zero-order valence-electron chi connectivity index (χ0n) is 14.8. The van der Waals surface area contributed by atoms with Gasteiger partial charge in [0.1, 0.15) is 11.4 Å². The number of rotatable bonds is 4. The first-order chi connectivity index (χ1) is 13.0. The van der Waals surface area contributed by atoms with E-state index in [1.807, 2.05) is 4.90 Å². The molecule has 1 aliphatic heterocycles. The number of esters is 1. The molecule has 0 aliphatic carbocycles. The second-order valence-corrected chi connectivity index (χ2v) is 6.79. The third-order valence-corrected chi connectivity index (χ3v) is 4.96. The lowest BCUT2D eigenvalue weighted by atomic mass is 10.1. The lowest BCUT2D eigenvalue weighted by molar-refractivity contribution is 0.0525. The van der Waals surface area contributed by atoms with Crippen molar-refractivity contribution in [3.05, 3.63) is 57.7 Å². The Morgan fingerprint density at radius 2 is 1.74 bits per heavy atom. The van der Waals surface area contributed by atoms with E-state index in [1.54, 1.807) is 48.4 Å². The summed E-state index contributed by atoms with van der Waals surface area (Å²) in [4.78, 5) is 33.0. The van der Waals surface area contributed by atoms with Gasteiger partial charge >= 0.3 is 5.97 Å². The molecule has 8 heteroatoms. The van der Waals surface area contributed by atoms with Gasteiger partial charge in [-0.3, -0.25) is 4.79 Å². The average molecular weight is 408 g/mol. The SMILES string of the molecule is CCOC(=O)c1cccnc1N1CCN(C(=O)c2c(Cl)cccc2Cl)CC1. The highest BCUT2D eigenvalue weighted by Crippen LogP contribution is 2.27. The van der Waals surface area contributed by atoms with Crippen LogP contribution < -0.4 is 4.90 Å². The van der Waals surface area contributed by atoms with Gasteiger partial charge in [-0.25, -0.2) is 9.78 Å². The highest BCUT2D eigenvalue weighted by atomic mass is 35.5. The van der Waals surface area contributed by atoms with Crippen molar-refractivity contribution < 1.29 is 14.3 Å². The predicted molar refractivity (Wildman–Crippen MR) is 105 cm³/mol. The standard InChI is InChI=1S/C19H19Cl2N3O3/c1-2-27-19(26)13-5-4-8-22-17(13)23-9-11-24(12-10-23)18(25)16-14(20)6-3-7-15(16)21/h3-8H,2,9-12H2,1H3. The zero-order valence-corrected chi connectivity index (χ0v) is 16.3. The number of carbonyl (C=O) groups is 2. The number of pyridine rings is 1. The predicted octanol–water partition coefficient (Wildman–Crippen LogP) is 3.53. The van der Waals surface area contributed by atoms with Crippen LogP contribution in [0.1, 0.15) is 27.6 Å². The number of hydrogen-bond acceptors (Lipinski definition) is 5. The van der Waals surface area contributed by atoms with Gasteiger partial charge in [0.15, 0.2) is 0 Å². The molecule has 1 aliphatic rings. The monoisotopic (exact) mass is 407 g/mol. The van der Waals surface area contributed by atoms with Crippen molar-refractivity contribution in [2.75, 3.05) is 37.7 Å². The lowest BCUT2D eigenvalue weighted by Crippen LogP contribution is -2.49. The molecule has 2 aromatic rings. The number of amides is 1. The van der Waals surface area contributed by atoms with Crippen LogP contribution >= 0.6 is 23.2 Å². The summed E-state index contributed by atoms with van der Waals surface area (Å²) < 4.78 is 5.10. The third-order valence-electron chi connectivity index (χ3n) is 4.33. The van der Waals surface area contributed by atoms with Crippen LogP contribution in [0.2, 0.25) is 10.0 Å². The molecule has 0 saturated carbocycles. The van der Waals surface area contributed by atoms with Crippen molar-refractivity contribution in [3.8, 4) is 0 Å². The van der Waals surface area contributed by atoms with Gasteiger partial charge in [0, 0.05) is 32.4 Å². The Labute approximate surface area is 167 Å². The maximum Gasteiger partial charge on any atom is 0.341 e. The summed E-state index contributed by atoms with van der Waals surface area (Å²) in [7, 11) is 0. The third kappa shape index (κ3) is 4.17. The van der Waals surface area contributed by atoms with Crippen LogP contribution in [0.4, 0.5) is 5.82 Å². The molecule has 1 fully saturated rings. The maximum absolute atomic E-state index is 12.8. The molecule has 27 heavy (non-hydrogen) atoms. The van der Waals surface area contributed by atoms with Crippen molar-refractivity contribution in [1.29, 1.82) is 0 Å². The summed E-state index contributed by atoms with van der Waals surface area (Å²) in [5.74, 6) is -0.0299. The van der Waals surface area contributed by atoms with Crippen LogP contribution in [0, 0.1) is 0 Å². The van der Waals surface area contributed by atoms with Gasteiger partial charge in [-0.1, -0.05) is 29.3 Å². The molecular formula is C19H19Cl2N3O3. The van der Waals surface area contributed by atoms with Crippen LogP contribution in [0.25, 0.3) is 0 Å². The summed E-state index contributed by atoms with van der Waals surface area (Å²) >= 11 is 12.3. The van der Waals surface area contributed by atoms with Crippen molar-refractivity contribution >= 4 is 40.9 Å². The number of benzene rings is 1. The van der Waals surface area contributed by atoms with Gasteiger partial charge in [0.05, 0.1) is 22.2 Å². The molecule has 0 radical (unpaired) electrons. The van der Waals surface area contributed by atoms with Crippen molar-refractivity contribution in [2.45, 2.75) is 6.92 Å². The normalized spacial score (nSPS) is 14.2. The van der Waals surface area contributed by atoms with Gasteiger partial charge < -0.3 is 14.5 Å². The number of piperazine rings is 1. The molecular weight excluding hydrogens is 389 g/mol. The maximum atomic E-state index is 12.8. The average Bonchev–Trinajstić information content (AvgIpc) is 2.68. The summed E-state index contributed by atoms with van der Waals surface area (Å²) in [5.41, 5.74) is 0.743. The summed E-state index contributed by atoms with van der Waals surface area (Å²) in [6.07, 6.45) is 1.64. The van der Waals surface area contributed by atoms with Crippen molar-refractivity contribution in [2.24, 2.45) is 0 Å². The molecule has 0 unspecified atom stereocenters. The van der Waals surface area contributed by atoms with E-state index in [0.717, 1.165) is 0 Å². The summed E-state index contributed by atoms with van der Waals surface area (Å²) in [6.45, 7) is 4.08. The van der Waals surface area contributed by atoms with Gasteiger partial charge in [-0.15, -0.1) is 0 Å². The second kappa shape index (κ2) is 8.59. The Morgan fingerprint density at radius 1 is 1.07 bits per heavy atom. The van der Waals surface area contributed by atoms with Gasteiger partial charge in [0.25, 0.3) is 5.91 Å². The molecule has 1 amide bonds. The van der Waals surface area contributed by atoms with E-state index in [1.165, 1.54) is 0 Å². The Morgan fingerprint density at radius 3 is 2.37 bits per heavy atom. The lowest BCUT2D eigenvalue weighted by Gasteiger charge is -2.36. The second-order valence-electron chi connectivity index (χ2n) is 5.97. The summed E-state index contributed by atoms with van der Waals surface area (Å²) in [5, 5.41) is 0.675. The Balaban J connectivity index is 1.73. The molecule has 6 nitrogen and oxygen atoms in total. The number of aromatic nitrogens is 1. The smallest absolute Gasteiger partial charge is 0.341 e. The fourth-order valence-electron chi connectivity index (χ4n) is 3.00. The minimum Gasteiger partial charge on any atom is -0.462 e. The Hall–Kier alpha value is -2.31.